The number of nitrogens with zero attached hydrogens (tertiary/aromatic N) is 2. The second-order valence-electron chi connectivity index (χ2n) is 8.16. The van der Waals surface area contributed by atoms with E-state index in [1.54, 1.807) is 48.1 Å². The zero-order valence-electron chi connectivity index (χ0n) is 17.8. The van der Waals surface area contributed by atoms with E-state index in [4.69, 9.17) is 17.3 Å². The lowest BCUT2D eigenvalue weighted by molar-refractivity contribution is -0.120. The molecule has 0 bridgehead atoms. The molecule has 1 fully saturated rings. The minimum absolute atomic E-state index is 0.00710. The van der Waals surface area contributed by atoms with E-state index in [0.717, 1.165) is 36.9 Å². The van der Waals surface area contributed by atoms with Crippen LogP contribution in [0.5, 0.6) is 0 Å². The average molecular weight is 452 g/mol. The highest BCUT2D eigenvalue weighted by Crippen LogP contribution is 2.27. The SMILES string of the molecule is Cn1nc(-c2ccc(NC(=O)c3ccccc3Cl)cc2)cc1NC(=O)[C@H]1CCC[C@H](N)C1. The van der Waals surface area contributed by atoms with Crippen molar-refractivity contribution >= 4 is 34.9 Å². The maximum absolute atomic E-state index is 12.6. The highest BCUT2D eigenvalue weighted by atomic mass is 35.5. The number of hydrogen-bond donors (Lipinski definition) is 3. The summed E-state index contributed by atoms with van der Waals surface area (Å²) >= 11 is 6.09. The molecule has 1 aromatic heterocycles. The lowest BCUT2D eigenvalue weighted by Gasteiger charge is -2.25. The Morgan fingerprint density at radius 2 is 1.84 bits per heavy atom. The summed E-state index contributed by atoms with van der Waals surface area (Å²) in [5, 5.41) is 10.8. The maximum Gasteiger partial charge on any atom is 0.257 e. The van der Waals surface area contributed by atoms with Gasteiger partial charge in [-0.15, -0.1) is 0 Å². The molecule has 1 aliphatic carbocycles. The summed E-state index contributed by atoms with van der Waals surface area (Å²) in [6, 6.07) is 16.2. The number of nitrogens with one attached hydrogen (secondary N) is 2. The van der Waals surface area contributed by atoms with Gasteiger partial charge in [0, 0.05) is 36.3 Å². The van der Waals surface area contributed by atoms with Crippen molar-refractivity contribution in [1.29, 1.82) is 0 Å². The first-order valence-electron chi connectivity index (χ1n) is 10.7. The van der Waals surface area contributed by atoms with Crippen LogP contribution >= 0.6 is 11.6 Å². The topological polar surface area (TPSA) is 102 Å². The summed E-state index contributed by atoms with van der Waals surface area (Å²) in [6.45, 7) is 0. The number of carbonyl (C=O) groups excluding carboxylic acids is 2. The molecule has 0 radical (unpaired) electrons. The average Bonchev–Trinajstić information content (AvgIpc) is 3.14. The number of amides is 2. The number of carbonyl (C=O) groups is 2. The van der Waals surface area contributed by atoms with Crippen molar-refractivity contribution < 1.29 is 9.59 Å². The first kappa shape index (κ1) is 22.0. The normalized spacial score (nSPS) is 18.2. The van der Waals surface area contributed by atoms with Crippen molar-refractivity contribution in [2.24, 2.45) is 18.7 Å². The fourth-order valence-electron chi connectivity index (χ4n) is 3.99. The second-order valence-corrected chi connectivity index (χ2v) is 8.57. The summed E-state index contributed by atoms with van der Waals surface area (Å²) in [4.78, 5) is 25.1. The van der Waals surface area contributed by atoms with Gasteiger partial charge in [0.25, 0.3) is 5.91 Å². The fourth-order valence-corrected chi connectivity index (χ4v) is 4.21. The molecule has 7 nitrogen and oxygen atoms in total. The fraction of sp³-hybridized carbons (Fsp3) is 0.292. The number of anilines is 2. The molecular weight excluding hydrogens is 426 g/mol. The highest BCUT2D eigenvalue weighted by molar-refractivity contribution is 6.34. The van der Waals surface area contributed by atoms with Crippen LogP contribution in [0.3, 0.4) is 0 Å². The van der Waals surface area contributed by atoms with E-state index < -0.39 is 0 Å². The van der Waals surface area contributed by atoms with Crippen LogP contribution in [0, 0.1) is 5.92 Å². The van der Waals surface area contributed by atoms with Gasteiger partial charge in [-0.3, -0.25) is 14.3 Å². The zero-order valence-corrected chi connectivity index (χ0v) is 18.6. The first-order valence-corrected chi connectivity index (χ1v) is 11.1. The van der Waals surface area contributed by atoms with E-state index in [-0.39, 0.29) is 23.8 Å². The van der Waals surface area contributed by atoms with Crippen molar-refractivity contribution in [3.8, 4) is 11.3 Å². The Hall–Kier alpha value is -3.16. The molecule has 0 saturated heterocycles. The van der Waals surface area contributed by atoms with Gasteiger partial charge in [-0.05, 0) is 43.5 Å². The van der Waals surface area contributed by atoms with Crippen LogP contribution < -0.4 is 16.4 Å². The molecule has 0 aliphatic heterocycles. The standard InChI is InChI=1S/C24H26ClN5O2/c1-30-22(28-23(31)16-5-4-6-17(26)13-16)14-21(29-30)15-9-11-18(12-10-15)27-24(32)19-7-2-3-8-20(19)25/h2-3,7-12,14,16-17H,4-6,13,26H2,1H3,(H,27,32)(H,28,31)/t16-,17-/m0/s1. The van der Waals surface area contributed by atoms with Crippen molar-refractivity contribution in [2.75, 3.05) is 10.6 Å². The summed E-state index contributed by atoms with van der Waals surface area (Å²) in [5.74, 6) is 0.305. The van der Waals surface area contributed by atoms with Gasteiger partial charge >= 0.3 is 0 Å². The van der Waals surface area contributed by atoms with E-state index in [9.17, 15) is 9.59 Å². The van der Waals surface area contributed by atoms with Gasteiger partial charge in [0.15, 0.2) is 0 Å². The van der Waals surface area contributed by atoms with Crippen molar-refractivity contribution in [2.45, 2.75) is 31.7 Å². The van der Waals surface area contributed by atoms with Crippen molar-refractivity contribution in [1.82, 2.24) is 9.78 Å². The Kier molecular flexibility index (Phi) is 6.58. The summed E-state index contributed by atoms with van der Waals surface area (Å²) in [5.41, 5.74) is 8.69. The monoisotopic (exact) mass is 451 g/mol. The molecular formula is C24H26ClN5O2. The number of rotatable bonds is 5. The zero-order chi connectivity index (χ0) is 22.7. The quantitative estimate of drug-likeness (QED) is 0.533. The molecule has 1 aliphatic rings. The number of benzene rings is 2. The summed E-state index contributed by atoms with van der Waals surface area (Å²) in [7, 11) is 1.80. The number of halogens is 1. The Labute approximate surface area is 191 Å². The molecule has 8 heteroatoms. The molecule has 1 heterocycles. The second kappa shape index (κ2) is 9.54. The third-order valence-corrected chi connectivity index (χ3v) is 6.10. The Balaban J connectivity index is 1.43. The van der Waals surface area contributed by atoms with Crippen LogP contribution in [0.2, 0.25) is 5.02 Å². The number of aromatic nitrogens is 2. The minimum atomic E-state index is -0.270. The van der Waals surface area contributed by atoms with Crippen LogP contribution in [-0.4, -0.2) is 27.6 Å². The molecule has 4 rings (SSSR count). The van der Waals surface area contributed by atoms with Crippen LogP contribution in [0.4, 0.5) is 11.5 Å². The van der Waals surface area contributed by atoms with Gasteiger partial charge < -0.3 is 16.4 Å². The van der Waals surface area contributed by atoms with E-state index in [2.05, 4.69) is 15.7 Å². The molecule has 2 atom stereocenters. The number of aryl methyl sites for hydroxylation is 1. The first-order chi connectivity index (χ1) is 15.4. The third-order valence-electron chi connectivity index (χ3n) is 5.77. The molecule has 0 unspecified atom stereocenters. The molecule has 3 aromatic rings. The van der Waals surface area contributed by atoms with Gasteiger partial charge in [-0.2, -0.15) is 5.10 Å². The smallest absolute Gasteiger partial charge is 0.257 e. The predicted octanol–water partition coefficient (Wildman–Crippen LogP) is 4.45. The molecule has 4 N–H and O–H groups in total. The van der Waals surface area contributed by atoms with E-state index >= 15 is 0 Å². The maximum atomic E-state index is 12.6. The van der Waals surface area contributed by atoms with Crippen LogP contribution in [-0.2, 0) is 11.8 Å². The molecule has 166 valence electrons. The largest absolute Gasteiger partial charge is 0.328 e. The molecule has 32 heavy (non-hydrogen) atoms. The predicted molar refractivity (Wildman–Crippen MR) is 127 cm³/mol. The Bertz CT molecular complexity index is 1130. The Morgan fingerprint density at radius 3 is 2.56 bits per heavy atom. The lowest BCUT2D eigenvalue weighted by Crippen LogP contribution is -2.34. The Morgan fingerprint density at radius 1 is 1.09 bits per heavy atom. The number of hydrogen-bond acceptors (Lipinski definition) is 4. The van der Waals surface area contributed by atoms with Gasteiger partial charge in [0.1, 0.15) is 5.82 Å². The summed E-state index contributed by atoms with van der Waals surface area (Å²) < 4.78 is 1.66. The minimum Gasteiger partial charge on any atom is -0.328 e. The molecule has 0 spiro atoms. The van der Waals surface area contributed by atoms with Crippen LogP contribution in [0.1, 0.15) is 36.0 Å². The van der Waals surface area contributed by atoms with Gasteiger partial charge in [-0.25, -0.2) is 0 Å². The third kappa shape index (κ3) is 5.00. The van der Waals surface area contributed by atoms with E-state index in [0.29, 0.717) is 22.1 Å². The van der Waals surface area contributed by atoms with E-state index in [1.165, 1.54) is 0 Å². The molecule has 2 aromatic carbocycles. The van der Waals surface area contributed by atoms with E-state index in [1.807, 2.05) is 18.2 Å². The van der Waals surface area contributed by atoms with Gasteiger partial charge in [0.05, 0.1) is 16.3 Å². The van der Waals surface area contributed by atoms with Crippen LogP contribution in [0.25, 0.3) is 11.3 Å². The number of nitrogens with two attached hydrogens (primary N) is 1. The molecule has 1 saturated carbocycles. The van der Waals surface area contributed by atoms with Gasteiger partial charge in [-0.1, -0.05) is 42.3 Å². The van der Waals surface area contributed by atoms with Gasteiger partial charge in [0.2, 0.25) is 5.91 Å². The van der Waals surface area contributed by atoms with Crippen molar-refractivity contribution in [3.05, 3.63) is 65.2 Å². The lowest BCUT2D eigenvalue weighted by atomic mass is 9.85. The van der Waals surface area contributed by atoms with Crippen LogP contribution in [0.15, 0.2) is 54.6 Å². The molecule has 2 amide bonds. The highest BCUT2D eigenvalue weighted by Gasteiger charge is 2.26. The van der Waals surface area contributed by atoms with Crippen molar-refractivity contribution in [3.63, 3.8) is 0 Å². The summed E-state index contributed by atoms with van der Waals surface area (Å²) in [6.07, 6.45) is 3.55.